The summed E-state index contributed by atoms with van der Waals surface area (Å²) in [5.41, 5.74) is 3.65. The molecule has 0 saturated carbocycles. The van der Waals surface area contributed by atoms with Crippen molar-refractivity contribution in [3.63, 3.8) is 0 Å². The van der Waals surface area contributed by atoms with Gasteiger partial charge in [-0.05, 0) is 38.7 Å². The molecule has 1 N–H and O–H groups in total. The molecule has 2 aliphatic heterocycles. The number of aryl methyl sites for hydroxylation is 1. The first kappa shape index (κ1) is 22.0. The van der Waals surface area contributed by atoms with Gasteiger partial charge >= 0.3 is 0 Å². The van der Waals surface area contributed by atoms with Crippen LogP contribution in [0.1, 0.15) is 43.4 Å². The molecular formula is C23H25ClN8S. The number of pyridine rings is 1. The second-order valence-corrected chi connectivity index (χ2v) is 9.93. The van der Waals surface area contributed by atoms with Gasteiger partial charge in [0.05, 0.1) is 17.5 Å². The Bertz CT molecular complexity index is 1360. The Morgan fingerprint density at radius 3 is 2.73 bits per heavy atom. The topological polar surface area (TPSA) is 95.0 Å². The predicted molar refractivity (Wildman–Crippen MR) is 132 cm³/mol. The molecule has 170 valence electrons. The maximum atomic E-state index is 9.57. The van der Waals surface area contributed by atoms with Gasteiger partial charge < -0.3 is 14.6 Å². The van der Waals surface area contributed by atoms with Crippen molar-refractivity contribution in [2.75, 3.05) is 11.9 Å². The third-order valence-electron chi connectivity index (χ3n) is 6.73. The lowest BCUT2D eigenvalue weighted by Gasteiger charge is -2.43. The van der Waals surface area contributed by atoms with Gasteiger partial charge in [-0.15, -0.1) is 12.4 Å². The van der Waals surface area contributed by atoms with Gasteiger partial charge in [0.2, 0.25) is 0 Å². The lowest BCUT2D eigenvalue weighted by Crippen LogP contribution is -2.54. The SMILES string of the molecule is Cc1cn2cc(-c3ncc4nc(N(C)C5C[C@H]6CCC[C@@H](C5)N6)sc4n3)cc(C#N)c2n1.Cl. The van der Waals surface area contributed by atoms with Gasteiger partial charge in [0.15, 0.2) is 16.6 Å². The number of anilines is 1. The fourth-order valence-electron chi connectivity index (χ4n) is 5.15. The molecule has 4 aromatic heterocycles. The first-order valence-electron chi connectivity index (χ1n) is 11.1. The number of hydrogen-bond donors (Lipinski definition) is 1. The zero-order valence-electron chi connectivity index (χ0n) is 18.5. The molecule has 2 saturated heterocycles. The Labute approximate surface area is 202 Å². The number of piperidine rings is 2. The van der Waals surface area contributed by atoms with E-state index >= 15 is 0 Å². The van der Waals surface area contributed by atoms with Crippen molar-refractivity contribution in [1.82, 2.24) is 29.7 Å². The number of aromatic nitrogens is 5. The molecule has 1 unspecified atom stereocenters. The van der Waals surface area contributed by atoms with Gasteiger partial charge in [-0.1, -0.05) is 17.8 Å². The van der Waals surface area contributed by atoms with Gasteiger partial charge in [0.25, 0.3) is 0 Å². The van der Waals surface area contributed by atoms with E-state index in [9.17, 15) is 5.26 Å². The van der Waals surface area contributed by atoms with Gasteiger partial charge in [-0.25, -0.2) is 19.9 Å². The number of hydrogen-bond acceptors (Lipinski definition) is 8. The van der Waals surface area contributed by atoms with Crippen molar-refractivity contribution >= 4 is 44.9 Å². The Morgan fingerprint density at radius 2 is 1.97 bits per heavy atom. The molecule has 2 bridgehead atoms. The molecule has 33 heavy (non-hydrogen) atoms. The minimum atomic E-state index is 0. The maximum Gasteiger partial charge on any atom is 0.187 e. The lowest BCUT2D eigenvalue weighted by molar-refractivity contribution is 0.219. The molecule has 0 aromatic carbocycles. The molecule has 6 heterocycles. The summed E-state index contributed by atoms with van der Waals surface area (Å²) in [6.07, 6.45) is 11.9. The summed E-state index contributed by atoms with van der Waals surface area (Å²) in [4.78, 5) is 21.8. The number of fused-ring (bicyclic) bond motifs is 4. The minimum Gasteiger partial charge on any atom is -0.348 e. The number of thiazole rings is 1. The van der Waals surface area contributed by atoms with Gasteiger partial charge in [0, 0.05) is 43.1 Å². The Morgan fingerprint density at radius 1 is 1.18 bits per heavy atom. The molecule has 8 nitrogen and oxygen atoms in total. The first-order valence-corrected chi connectivity index (χ1v) is 11.9. The van der Waals surface area contributed by atoms with E-state index < -0.39 is 0 Å². The van der Waals surface area contributed by atoms with E-state index in [2.05, 4.69) is 33.3 Å². The van der Waals surface area contributed by atoms with Crippen LogP contribution >= 0.6 is 23.7 Å². The van der Waals surface area contributed by atoms with Crippen LogP contribution in [0.5, 0.6) is 0 Å². The van der Waals surface area contributed by atoms with Crippen LogP contribution in [-0.4, -0.2) is 49.5 Å². The fraction of sp³-hybridized carbons (Fsp3) is 0.435. The number of rotatable bonds is 3. The summed E-state index contributed by atoms with van der Waals surface area (Å²) in [7, 11) is 2.16. The molecule has 0 amide bonds. The third-order valence-corrected chi connectivity index (χ3v) is 7.78. The van der Waals surface area contributed by atoms with Crippen LogP contribution < -0.4 is 10.2 Å². The number of nitrogens with one attached hydrogen (secondary N) is 1. The molecular weight excluding hydrogens is 456 g/mol. The van der Waals surface area contributed by atoms with Crippen LogP contribution in [0.4, 0.5) is 5.13 Å². The van der Waals surface area contributed by atoms with E-state index in [0.29, 0.717) is 35.2 Å². The number of halogens is 1. The Balaban J connectivity index is 0.00000228. The molecule has 4 aromatic rings. The predicted octanol–water partition coefficient (Wildman–Crippen LogP) is 4.11. The summed E-state index contributed by atoms with van der Waals surface area (Å²) in [6.45, 7) is 1.92. The van der Waals surface area contributed by atoms with Crippen molar-refractivity contribution in [2.45, 2.75) is 57.2 Å². The third kappa shape index (κ3) is 3.92. The molecule has 6 rings (SSSR count). The quantitative estimate of drug-likeness (QED) is 0.471. The second kappa shape index (κ2) is 8.52. The van der Waals surface area contributed by atoms with Crippen molar-refractivity contribution in [2.24, 2.45) is 0 Å². The largest absolute Gasteiger partial charge is 0.348 e. The van der Waals surface area contributed by atoms with Crippen molar-refractivity contribution in [3.8, 4) is 17.5 Å². The van der Waals surface area contributed by atoms with Crippen LogP contribution in [0, 0.1) is 18.3 Å². The number of nitrogens with zero attached hydrogens (tertiary/aromatic N) is 7. The Kier molecular flexibility index (Phi) is 5.69. The summed E-state index contributed by atoms with van der Waals surface area (Å²) in [5.74, 6) is 0.594. The van der Waals surface area contributed by atoms with Crippen molar-refractivity contribution in [3.05, 3.63) is 35.9 Å². The molecule has 10 heteroatoms. The van der Waals surface area contributed by atoms with E-state index in [-0.39, 0.29) is 12.4 Å². The highest BCUT2D eigenvalue weighted by Gasteiger charge is 2.33. The van der Waals surface area contributed by atoms with E-state index in [0.717, 1.165) is 26.7 Å². The van der Waals surface area contributed by atoms with E-state index in [1.165, 1.54) is 32.1 Å². The van der Waals surface area contributed by atoms with Crippen molar-refractivity contribution in [1.29, 1.82) is 5.26 Å². The lowest BCUT2D eigenvalue weighted by atomic mass is 9.83. The van der Waals surface area contributed by atoms with Gasteiger partial charge in [0.1, 0.15) is 16.4 Å². The summed E-state index contributed by atoms with van der Waals surface area (Å²) < 4.78 is 1.87. The molecule has 2 aliphatic rings. The molecule has 0 aliphatic carbocycles. The zero-order chi connectivity index (χ0) is 21.8. The standard InChI is InChI=1S/C23H24N8S.ClH/c1-13-11-31-12-15(6-14(9-24)21(31)26-13)20-25-10-19-22(29-20)32-23(28-19)30(2)18-7-16-4-3-5-17(8-18)27-16;/h6,10-12,16-18,27H,3-5,7-8H2,1-2H3;1H/t16-,17+,18?;. The zero-order valence-corrected chi connectivity index (χ0v) is 20.2. The monoisotopic (exact) mass is 480 g/mol. The minimum absolute atomic E-state index is 0. The number of imidazole rings is 1. The maximum absolute atomic E-state index is 9.57. The molecule has 2 fully saturated rings. The van der Waals surface area contributed by atoms with Crippen LogP contribution in [0.15, 0.2) is 24.7 Å². The van der Waals surface area contributed by atoms with Gasteiger partial charge in [-0.3, -0.25) is 0 Å². The van der Waals surface area contributed by atoms with E-state index in [1.54, 1.807) is 17.5 Å². The van der Waals surface area contributed by atoms with Crippen LogP contribution in [0.3, 0.4) is 0 Å². The highest BCUT2D eigenvalue weighted by molar-refractivity contribution is 7.21. The van der Waals surface area contributed by atoms with Crippen LogP contribution in [0.2, 0.25) is 0 Å². The summed E-state index contributed by atoms with van der Waals surface area (Å²) in [6, 6.07) is 5.82. The van der Waals surface area contributed by atoms with Crippen LogP contribution in [0.25, 0.3) is 27.4 Å². The van der Waals surface area contributed by atoms with E-state index in [4.69, 9.17) is 9.97 Å². The molecule has 3 atom stereocenters. The van der Waals surface area contributed by atoms with E-state index in [1.807, 2.05) is 29.8 Å². The molecule has 0 radical (unpaired) electrons. The first-order chi connectivity index (χ1) is 15.6. The summed E-state index contributed by atoms with van der Waals surface area (Å²) in [5, 5.41) is 14.3. The summed E-state index contributed by atoms with van der Waals surface area (Å²) >= 11 is 1.61. The highest BCUT2D eigenvalue weighted by atomic mass is 35.5. The second-order valence-electron chi connectivity index (χ2n) is 8.98. The van der Waals surface area contributed by atoms with Gasteiger partial charge in [-0.2, -0.15) is 5.26 Å². The number of nitriles is 1. The normalized spacial score (nSPS) is 22.2. The highest BCUT2D eigenvalue weighted by Crippen LogP contribution is 2.34. The van der Waals surface area contributed by atoms with Crippen molar-refractivity contribution < 1.29 is 0 Å². The van der Waals surface area contributed by atoms with Crippen LogP contribution in [-0.2, 0) is 0 Å². The fourth-order valence-corrected chi connectivity index (χ4v) is 6.09. The molecule has 0 spiro atoms. The smallest absolute Gasteiger partial charge is 0.187 e. The average Bonchev–Trinajstić information content (AvgIpc) is 3.39. The average molecular weight is 481 g/mol. The Hall–Kier alpha value is -2.80.